The Bertz CT molecular complexity index is 1180. The van der Waals surface area contributed by atoms with Gasteiger partial charge in [-0.25, -0.2) is 22.0 Å². The van der Waals surface area contributed by atoms with Crippen molar-refractivity contribution < 1.29 is 22.0 Å². The summed E-state index contributed by atoms with van der Waals surface area (Å²) in [5.74, 6) is -2.87. The Balaban J connectivity index is 1.23. The molecule has 1 aromatic carbocycles. The number of pyridine rings is 1. The van der Waals surface area contributed by atoms with Gasteiger partial charge in [-0.1, -0.05) is 6.07 Å². The van der Waals surface area contributed by atoms with Gasteiger partial charge in [0.25, 0.3) is 6.43 Å². The smallest absolute Gasteiger partial charge is 0.266 e. The quantitative estimate of drug-likeness (QED) is 0.363. The zero-order valence-electron chi connectivity index (χ0n) is 18.8. The number of hydrogen-bond donors (Lipinski definition) is 1. The number of benzene rings is 1. The van der Waals surface area contributed by atoms with Crippen molar-refractivity contribution in [2.45, 2.75) is 31.7 Å². The fourth-order valence-corrected chi connectivity index (χ4v) is 5.31. The largest absolute Gasteiger partial charge is 0.366 e. The number of halogens is 5. The molecule has 1 aliphatic heterocycles. The third kappa shape index (κ3) is 5.12. The summed E-state index contributed by atoms with van der Waals surface area (Å²) in [5, 5.41) is 10.8. The number of aromatic nitrogens is 3. The minimum Gasteiger partial charge on any atom is -0.366 e. The summed E-state index contributed by atoms with van der Waals surface area (Å²) >= 11 is 0. The molecule has 5 nitrogen and oxygen atoms in total. The maximum Gasteiger partial charge on any atom is 0.266 e. The predicted molar refractivity (Wildman–Crippen MR) is 120 cm³/mol. The molecule has 10 heteroatoms. The maximum absolute atomic E-state index is 14.2. The van der Waals surface area contributed by atoms with Crippen LogP contribution in [0.4, 0.5) is 27.8 Å². The normalized spacial score (nSPS) is 22.1. The van der Waals surface area contributed by atoms with E-state index in [0.29, 0.717) is 24.0 Å². The summed E-state index contributed by atoms with van der Waals surface area (Å²) in [4.78, 5) is 6.81. The van der Waals surface area contributed by atoms with Gasteiger partial charge in [0.1, 0.15) is 17.3 Å². The van der Waals surface area contributed by atoms with Gasteiger partial charge in [0.05, 0.1) is 0 Å². The van der Waals surface area contributed by atoms with Gasteiger partial charge in [-0.05, 0) is 48.9 Å². The molecule has 3 atom stereocenters. The molecule has 5 rings (SSSR count). The summed E-state index contributed by atoms with van der Waals surface area (Å²) in [7, 11) is 0. The third-order valence-corrected chi connectivity index (χ3v) is 6.90. The van der Waals surface area contributed by atoms with Crippen LogP contribution in [-0.2, 0) is 6.42 Å². The van der Waals surface area contributed by atoms with E-state index in [9.17, 15) is 22.0 Å². The highest BCUT2D eigenvalue weighted by Crippen LogP contribution is 2.40. The maximum atomic E-state index is 14.2. The lowest BCUT2D eigenvalue weighted by atomic mass is 10.0. The zero-order valence-corrected chi connectivity index (χ0v) is 18.8. The lowest BCUT2D eigenvalue weighted by Crippen LogP contribution is -2.27. The van der Waals surface area contributed by atoms with Crippen LogP contribution in [0.15, 0.2) is 42.6 Å². The molecule has 0 radical (unpaired) electrons. The Morgan fingerprint density at radius 2 is 1.77 bits per heavy atom. The number of fused-ring (bicyclic) bond motifs is 1. The monoisotopic (exact) mass is 489 g/mol. The summed E-state index contributed by atoms with van der Waals surface area (Å²) in [6, 6.07) is 8.04. The van der Waals surface area contributed by atoms with E-state index in [-0.39, 0.29) is 11.9 Å². The van der Waals surface area contributed by atoms with E-state index in [4.69, 9.17) is 0 Å². The van der Waals surface area contributed by atoms with Crippen LogP contribution in [0.3, 0.4) is 0 Å². The van der Waals surface area contributed by atoms with Crippen LogP contribution >= 0.6 is 0 Å². The molecular weight excluding hydrogens is 465 g/mol. The number of rotatable bonds is 7. The van der Waals surface area contributed by atoms with Crippen LogP contribution in [-0.4, -0.2) is 45.8 Å². The minimum atomic E-state index is -3.03. The first-order chi connectivity index (χ1) is 16.9. The van der Waals surface area contributed by atoms with Crippen LogP contribution in [0.25, 0.3) is 11.3 Å². The van der Waals surface area contributed by atoms with Gasteiger partial charge in [-0.15, -0.1) is 10.2 Å². The molecule has 1 saturated carbocycles. The van der Waals surface area contributed by atoms with E-state index in [1.54, 1.807) is 6.20 Å². The molecule has 2 fully saturated rings. The second-order valence-electron chi connectivity index (χ2n) is 9.25. The van der Waals surface area contributed by atoms with Crippen molar-refractivity contribution in [1.29, 1.82) is 0 Å². The molecular formula is C25H24F5N5. The van der Waals surface area contributed by atoms with Gasteiger partial charge in [-0.2, -0.15) is 0 Å². The molecule has 1 saturated heterocycles. The SMILES string of the molecule is Fc1cc(F)c(F)c(-c2nnc(N[C@H]3C[C@@H]4CN(CCc5ccccn5)C[C@@H]4C3)cc2C(F)F)c1. The zero-order chi connectivity index (χ0) is 24.5. The summed E-state index contributed by atoms with van der Waals surface area (Å²) < 4.78 is 68.9. The number of likely N-dealkylation sites (tertiary alicyclic amines) is 1. The van der Waals surface area contributed by atoms with Crippen molar-refractivity contribution in [3.05, 3.63) is 71.3 Å². The van der Waals surface area contributed by atoms with Gasteiger partial charge in [0.2, 0.25) is 0 Å². The molecule has 0 bridgehead atoms. The first-order valence-corrected chi connectivity index (χ1v) is 11.6. The van der Waals surface area contributed by atoms with Crippen LogP contribution in [0.5, 0.6) is 0 Å². The number of anilines is 1. The van der Waals surface area contributed by atoms with Gasteiger partial charge in [-0.3, -0.25) is 4.98 Å². The molecule has 35 heavy (non-hydrogen) atoms. The molecule has 0 spiro atoms. The van der Waals surface area contributed by atoms with E-state index in [1.807, 2.05) is 18.2 Å². The molecule has 1 N–H and O–H groups in total. The molecule has 0 unspecified atom stereocenters. The van der Waals surface area contributed by atoms with E-state index in [0.717, 1.165) is 50.7 Å². The van der Waals surface area contributed by atoms with Crippen LogP contribution in [0, 0.1) is 29.3 Å². The van der Waals surface area contributed by atoms with Crippen molar-refractivity contribution in [2.75, 3.05) is 25.0 Å². The Hall–Kier alpha value is -3.14. The molecule has 3 aromatic rings. The first-order valence-electron chi connectivity index (χ1n) is 11.6. The Kier molecular flexibility index (Phi) is 6.64. The molecule has 2 aromatic heterocycles. The summed E-state index contributed by atoms with van der Waals surface area (Å²) in [5.41, 5.74) is -0.821. The van der Waals surface area contributed by atoms with Crippen LogP contribution in [0.1, 0.15) is 30.5 Å². The van der Waals surface area contributed by atoms with Crippen molar-refractivity contribution in [2.24, 2.45) is 11.8 Å². The number of alkyl halides is 2. The molecule has 1 aliphatic carbocycles. The van der Waals surface area contributed by atoms with Crippen LogP contribution in [0.2, 0.25) is 0 Å². The Labute approximate surface area is 199 Å². The average molecular weight is 489 g/mol. The van der Waals surface area contributed by atoms with Crippen molar-refractivity contribution >= 4 is 5.82 Å². The van der Waals surface area contributed by atoms with Gasteiger partial charge >= 0.3 is 0 Å². The number of nitrogens with one attached hydrogen (secondary N) is 1. The van der Waals surface area contributed by atoms with Crippen molar-refractivity contribution in [1.82, 2.24) is 20.1 Å². The van der Waals surface area contributed by atoms with Gasteiger partial charge in [0, 0.05) is 61.2 Å². The highest BCUT2D eigenvalue weighted by Gasteiger charge is 2.40. The molecule has 184 valence electrons. The van der Waals surface area contributed by atoms with Crippen molar-refractivity contribution in [3.8, 4) is 11.3 Å². The number of nitrogens with zero attached hydrogens (tertiary/aromatic N) is 4. The van der Waals surface area contributed by atoms with E-state index >= 15 is 0 Å². The molecule has 3 heterocycles. The predicted octanol–water partition coefficient (Wildman–Crippen LogP) is 5.26. The van der Waals surface area contributed by atoms with Gasteiger partial charge < -0.3 is 10.2 Å². The topological polar surface area (TPSA) is 53.9 Å². The van der Waals surface area contributed by atoms with Crippen LogP contribution < -0.4 is 5.32 Å². The fraction of sp³-hybridized carbons (Fsp3) is 0.400. The molecule has 0 amide bonds. The van der Waals surface area contributed by atoms with E-state index < -0.39 is 40.7 Å². The Morgan fingerprint density at radius 1 is 1.00 bits per heavy atom. The van der Waals surface area contributed by atoms with Crippen molar-refractivity contribution in [3.63, 3.8) is 0 Å². The first kappa shape index (κ1) is 23.6. The fourth-order valence-electron chi connectivity index (χ4n) is 5.31. The van der Waals surface area contributed by atoms with E-state index in [2.05, 4.69) is 25.4 Å². The third-order valence-electron chi connectivity index (χ3n) is 6.90. The highest BCUT2D eigenvalue weighted by molar-refractivity contribution is 5.65. The molecule has 2 aliphatic rings. The lowest BCUT2D eigenvalue weighted by Gasteiger charge is -2.20. The minimum absolute atomic E-state index is 0.0527. The average Bonchev–Trinajstić information content (AvgIpc) is 3.39. The van der Waals surface area contributed by atoms with Gasteiger partial charge in [0.15, 0.2) is 11.6 Å². The second kappa shape index (κ2) is 9.85. The standard InChI is InChI=1S/C25H24F5N5/c26-16-9-19(23(28)21(27)10-16)24-20(25(29)30)11-22(33-34-24)32-18-7-14-12-35(13-15(14)8-18)6-4-17-3-1-2-5-31-17/h1-3,5,9-11,14-15,18,25H,4,6-8,12-13H2,(H,32,33)/t14-,15+,18+. The second-order valence-corrected chi connectivity index (χ2v) is 9.25. The summed E-state index contributed by atoms with van der Waals surface area (Å²) in [6.07, 6.45) is 1.42. The lowest BCUT2D eigenvalue weighted by molar-refractivity contribution is 0.151. The number of hydrogen-bond acceptors (Lipinski definition) is 5. The Morgan fingerprint density at radius 3 is 2.46 bits per heavy atom. The summed E-state index contributed by atoms with van der Waals surface area (Å²) in [6.45, 7) is 2.91. The highest BCUT2D eigenvalue weighted by atomic mass is 19.3. The van der Waals surface area contributed by atoms with E-state index in [1.165, 1.54) is 0 Å².